The average molecular weight is 293 g/mol. The quantitative estimate of drug-likeness (QED) is 0.768. The van der Waals surface area contributed by atoms with Crippen LogP contribution in [0.25, 0.3) is 0 Å². The summed E-state index contributed by atoms with van der Waals surface area (Å²) in [6.45, 7) is 5.58. The van der Waals surface area contributed by atoms with E-state index in [-0.39, 0.29) is 5.91 Å². The van der Waals surface area contributed by atoms with Crippen LogP contribution in [0.15, 0.2) is 12.4 Å². The van der Waals surface area contributed by atoms with Crippen LogP contribution in [0, 0.1) is 12.8 Å². The average Bonchev–Trinajstić information content (AvgIpc) is 2.52. The maximum Gasteiger partial charge on any atom is 0.271 e. The number of nitrogens with one attached hydrogen (secondary N) is 1. The molecule has 1 fully saturated rings. The van der Waals surface area contributed by atoms with Crippen molar-refractivity contribution in [2.45, 2.75) is 26.2 Å². The first kappa shape index (κ1) is 15.9. The van der Waals surface area contributed by atoms with Crippen LogP contribution in [0.4, 0.5) is 0 Å². The zero-order valence-electron chi connectivity index (χ0n) is 12.5. The van der Waals surface area contributed by atoms with Gasteiger partial charge in [-0.1, -0.05) is 0 Å². The lowest BCUT2D eigenvalue weighted by molar-refractivity contribution is 0.0202. The molecule has 1 aliphatic heterocycles. The lowest BCUT2D eigenvalue weighted by Gasteiger charge is -2.21. The SMILES string of the molecule is Cc1cnc(C(=O)NCCCOCC2CCOCC2)cn1. The molecule has 1 amide bonds. The van der Waals surface area contributed by atoms with E-state index in [4.69, 9.17) is 9.47 Å². The molecule has 0 aliphatic carbocycles. The van der Waals surface area contributed by atoms with Crippen molar-refractivity contribution in [3.63, 3.8) is 0 Å². The van der Waals surface area contributed by atoms with Crippen molar-refractivity contribution in [1.82, 2.24) is 15.3 Å². The summed E-state index contributed by atoms with van der Waals surface area (Å²) < 4.78 is 10.9. The predicted molar refractivity (Wildman–Crippen MR) is 78.1 cm³/mol. The number of ether oxygens (including phenoxy) is 2. The summed E-state index contributed by atoms with van der Waals surface area (Å²) in [6.07, 6.45) is 6.05. The van der Waals surface area contributed by atoms with Crippen molar-refractivity contribution >= 4 is 5.91 Å². The van der Waals surface area contributed by atoms with Gasteiger partial charge in [-0.3, -0.25) is 9.78 Å². The second-order valence-electron chi connectivity index (χ2n) is 5.28. The fourth-order valence-corrected chi connectivity index (χ4v) is 2.14. The van der Waals surface area contributed by atoms with Gasteiger partial charge in [-0.15, -0.1) is 0 Å². The van der Waals surface area contributed by atoms with Crippen molar-refractivity contribution in [3.8, 4) is 0 Å². The fourth-order valence-electron chi connectivity index (χ4n) is 2.14. The molecule has 1 aliphatic rings. The van der Waals surface area contributed by atoms with Gasteiger partial charge in [0.15, 0.2) is 0 Å². The molecule has 0 unspecified atom stereocenters. The maximum atomic E-state index is 11.8. The molecule has 21 heavy (non-hydrogen) atoms. The molecule has 6 heteroatoms. The van der Waals surface area contributed by atoms with E-state index in [9.17, 15) is 4.79 Å². The molecule has 6 nitrogen and oxygen atoms in total. The first-order valence-electron chi connectivity index (χ1n) is 7.48. The van der Waals surface area contributed by atoms with Gasteiger partial charge in [-0.25, -0.2) is 4.98 Å². The molecule has 0 aromatic carbocycles. The zero-order valence-corrected chi connectivity index (χ0v) is 12.5. The van der Waals surface area contributed by atoms with Gasteiger partial charge in [0.25, 0.3) is 5.91 Å². The van der Waals surface area contributed by atoms with Crippen LogP contribution in [-0.2, 0) is 9.47 Å². The standard InChI is InChI=1S/C15H23N3O3/c1-12-9-18-14(10-17-12)15(19)16-5-2-6-21-11-13-3-7-20-8-4-13/h9-10,13H,2-8,11H2,1H3,(H,16,19). The lowest BCUT2D eigenvalue weighted by atomic mass is 10.0. The number of carbonyl (C=O) groups is 1. The summed E-state index contributed by atoms with van der Waals surface area (Å²) in [5.41, 5.74) is 1.15. The summed E-state index contributed by atoms with van der Waals surface area (Å²) in [7, 11) is 0. The zero-order chi connectivity index (χ0) is 14.9. The van der Waals surface area contributed by atoms with Crippen LogP contribution >= 0.6 is 0 Å². The first-order chi connectivity index (χ1) is 10.3. The highest BCUT2D eigenvalue weighted by Gasteiger charge is 2.13. The summed E-state index contributed by atoms with van der Waals surface area (Å²) in [6, 6.07) is 0. The number of hydrogen-bond donors (Lipinski definition) is 1. The molecule has 1 aromatic heterocycles. The van der Waals surface area contributed by atoms with E-state index in [0.29, 0.717) is 24.8 Å². The topological polar surface area (TPSA) is 73.3 Å². The third-order valence-corrected chi connectivity index (χ3v) is 3.46. The molecule has 2 heterocycles. The largest absolute Gasteiger partial charge is 0.381 e. The molecule has 0 radical (unpaired) electrons. The van der Waals surface area contributed by atoms with Crippen molar-refractivity contribution in [2.75, 3.05) is 33.0 Å². The Kier molecular flexibility index (Phi) is 6.56. The Morgan fingerprint density at radius 1 is 1.38 bits per heavy atom. The van der Waals surface area contributed by atoms with E-state index in [2.05, 4.69) is 15.3 Å². The molecular weight excluding hydrogens is 270 g/mol. The summed E-state index contributed by atoms with van der Waals surface area (Å²) in [5.74, 6) is 0.433. The molecule has 0 bridgehead atoms. The van der Waals surface area contributed by atoms with Gasteiger partial charge in [0, 0.05) is 39.2 Å². The Labute approximate surface area is 125 Å². The van der Waals surface area contributed by atoms with E-state index in [1.165, 1.54) is 6.20 Å². The predicted octanol–water partition coefficient (Wildman–Crippen LogP) is 1.35. The molecule has 1 aromatic rings. The molecular formula is C15H23N3O3. The van der Waals surface area contributed by atoms with Gasteiger partial charge in [0.05, 0.1) is 11.9 Å². The highest BCUT2D eigenvalue weighted by molar-refractivity contribution is 5.91. The highest BCUT2D eigenvalue weighted by atomic mass is 16.5. The molecule has 0 spiro atoms. The van der Waals surface area contributed by atoms with Crippen LogP contribution in [0.5, 0.6) is 0 Å². The third-order valence-electron chi connectivity index (χ3n) is 3.46. The van der Waals surface area contributed by atoms with Gasteiger partial charge in [0.2, 0.25) is 0 Å². The van der Waals surface area contributed by atoms with Crippen LogP contribution in [0.3, 0.4) is 0 Å². The summed E-state index contributed by atoms with van der Waals surface area (Å²) in [5, 5.41) is 2.82. The Balaban J connectivity index is 1.53. The molecule has 0 saturated carbocycles. The lowest BCUT2D eigenvalue weighted by Crippen LogP contribution is -2.26. The van der Waals surface area contributed by atoms with Crippen LogP contribution in [-0.4, -0.2) is 48.8 Å². The van der Waals surface area contributed by atoms with Gasteiger partial charge in [0.1, 0.15) is 5.69 Å². The maximum absolute atomic E-state index is 11.8. The first-order valence-corrected chi connectivity index (χ1v) is 7.48. The second kappa shape index (κ2) is 8.69. The van der Waals surface area contributed by atoms with E-state index < -0.39 is 0 Å². The minimum absolute atomic E-state index is 0.188. The normalized spacial score (nSPS) is 15.9. The highest BCUT2D eigenvalue weighted by Crippen LogP contribution is 2.14. The number of aromatic nitrogens is 2. The molecule has 1 saturated heterocycles. The molecule has 2 rings (SSSR count). The molecule has 0 atom stereocenters. The fraction of sp³-hybridized carbons (Fsp3) is 0.667. The third kappa shape index (κ3) is 5.77. The van der Waals surface area contributed by atoms with Gasteiger partial charge >= 0.3 is 0 Å². The number of amides is 1. The van der Waals surface area contributed by atoms with Crippen LogP contribution < -0.4 is 5.32 Å². The Bertz CT molecular complexity index is 430. The van der Waals surface area contributed by atoms with Gasteiger partial charge in [-0.05, 0) is 32.1 Å². The van der Waals surface area contributed by atoms with E-state index in [0.717, 1.165) is 44.8 Å². The number of rotatable bonds is 7. The van der Waals surface area contributed by atoms with Crippen molar-refractivity contribution in [2.24, 2.45) is 5.92 Å². The summed E-state index contributed by atoms with van der Waals surface area (Å²) >= 11 is 0. The minimum atomic E-state index is -0.188. The molecule has 116 valence electrons. The van der Waals surface area contributed by atoms with Crippen LogP contribution in [0.2, 0.25) is 0 Å². The number of hydrogen-bond acceptors (Lipinski definition) is 5. The van der Waals surface area contributed by atoms with Crippen LogP contribution in [0.1, 0.15) is 35.4 Å². The Morgan fingerprint density at radius 3 is 2.90 bits per heavy atom. The van der Waals surface area contributed by atoms with E-state index in [1.807, 2.05) is 6.92 Å². The Hall–Kier alpha value is -1.53. The number of aryl methyl sites for hydroxylation is 1. The monoisotopic (exact) mass is 293 g/mol. The minimum Gasteiger partial charge on any atom is -0.381 e. The smallest absolute Gasteiger partial charge is 0.271 e. The number of nitrogens with zero attached hydrogens (tertiary/aromatic N) is 2. The number of carbonyl (C=O) groups excluding carboxylic acids is 1. The van der Waals surface area contributed by atoms with Crippen molar-refractivity contribution in [3.05, 3.63) is 23.8 Å². The Morgan fingerprint density at radius 2 is 2.19 bits per heavy atom. The van der Waals surface area contributed by atoms with Gasteiger partial charge in [-0.2, -0.15) is 0 Å². The van der Waals surface area contributed by atoms with Gasteiger partial charge < -0.3 is 14.8 Å². The second-order valence-corrected chi connectivity index (χ2v) is 5.28. The summed E-state index contributed by atoms with van der Waals surface area (Å²) in [4.78, 5) is 19.9. The van der Waals surface area contributed by atoms with E-state index in [1.54, 1.807) is 6.20 Å². The van der Waals surface area contributed by atoms with Crippen molar-refractivity contribution in [1.29, 1.82) is 0 Å². The van der Waals surface area contributed by atoms with Crippen molar-refractivity contribution < 1.29 is 14.3 Å². The molecule has 1 N–H and O–H groups in total. The van der Waals surface area contributed by atoms with E-state index >= 15 is 0 Å².